The van der Waals surface area contributed by atoms with Crippen molar-refractivity contribution in [2.24, 2.45) is 17.6 Å². The molecule has 1 aliphatic heterocycles. The number of nitrogens with zero attached hydrogens (tertiary/aromatic N) is 1. The van der Waals surface area contributed by atoms with E-state index in [2.05, 4.69) is 4.90 Å². The van der Waals surface area contributed by atoms with Gasteiger partial charge < -0.3 is 10.6 Å². The first-order valence-electron chi connectivity index (χ1n) is 6.80. The fourth-order valence-corrected chi connectivity index (χ4v) is 3.88. The second-order valence-electron chi connectivity index (χ2n) is 5.95. The highest BCUT2D eigenvalue weighted by molar-refractivity contribution is 5.79. The molecule has 4 unspecified atom stereocenters. The number of piperidine rings is 1. The van der Waals surface area contributed by atoms with Crippen LogP contribution in [-0.4, -0.2) is 29.4 Å². The smallest absolute Gasteiger partial charge is 0.225 e. The van der Waals surface area contributed by atoms with Crippen LogP contribution < -0.4 is 5.73 Å². The predicted octanol–water partition coefficient (Wildman–Crippen LogP) is 1.51. The van der Waals surface area contributed by atoms with Crippen molar-refractivity contribution in [3.05, 3.63) is 0 Å². The fourth-order valence-electron chi connectivity index (χ4n) is 3.88. The van der Waals surface area contributed by atoms with E-state index in [1.54, 1.807) is 0 Å². The zero-order valence-corrected chi connectivity index (χ0v) is 9.90. The van der Waals surface area contributed by atoms with Gasteiger partial charge in [-0.1, -0.05) is 6.42 Å². The van der Waals surface area contributed by atoms with Crippen molar-refractivity contribution in [2.45, 2.75) is 57.0 Å². The number of carbonyl (C=O) groups is 1. The maximum absolute atomic E-state index is 12.4. The van der Waals surface area contributed by atoms with E-state index in [1.165, 1.54) is 19.3 Å². The Bertz CT molecular complexity index is 292. The summed E-state index contributed by atoms with van der Waals surface area (Å²) in [5.41, 5.74) is 5.97. The lowest BCUT2D eigenvalue weighted by atomic mass is 9.85. The molecule has 3 aliphatic rings. The number of hydrogen-bond acceptors (Lipinski definition) is 2. The standard InChI is InChI=1S/C13H22N2O/c14-11-3-1-2-10(7-11)13(16)15-8-9-4-5-12(15)6-9/h9-12H,1-8,14H2. The molecule has 90 valence electrons. The van der Waals surface area contributed by atoms with E-state index in [9.17, 15) is 4.79 Å². The molecule has 2 aliphatic carbocycles. The van der Waals surface area contributed by atoms with Gasteiger partial charge in [0.1, 0.15) is 0 Å². The summed E-state index contributed by atoms with van der Waals surface area (Å²) in [6.07, 6.45) is 8.10. The summed E-state index contributed by atoms with van der Waals surface area (Å²) in [5, 5.41) is 0. The van der Waals surface area contributed by atoms with E-state index in [0.717, 1.165) is 38.1 Å². The highest BCUT2D eigenvalue weighted by atomic mass is 16.2. The van der Waals surface area contributed by atoms with Crippen molar-refractivity contribution in [3.8, 4) is 0 Å². The minimum absolute atomic E-state index is 0.239. The molecule has 1 heterocycles. The molecule has 3 rings (SSSR count). The van der Waals surface area contributed by atoms with Gasteiger partial charge in [0.2, 0.25) is 5.91 Å². The molecule has 1 amide bonds. The molecule has 3 heteroatoms. The summed E-state index contributed by atoms with van der Waals surface area (Å²) in [6, 6.07) is 0.846. The van der Waals surface area contributed by atoms with Crippen molar-refractivity contribution in [1.29, 1.82) is 0 Å². The third-order valence-corrected chi connectivity index (χ3v) is 4.76. The summed E-state index contributed by atoms with van der Waals surface area (Å²) in [6.45, 7) is 1.04. The molecule has 3 fully saturated rings. The molecule has 3 nitrogen and oxygen atoms in total. The first-order chi connectivity index (χ1) is 7.74. The Hall–Kier alpha value is -0.570. The van der Waals surface area contributed by atoms with Crippen LogP contribution >= 0.6 is 0 Å². The van der Waals surface area contributed by atoms with Crippen LogP contribution in [-0.2, 0) is 4.79 Å². The Morgan fingerprint density at radius 1 is 1.12 bits per heavy atom. The van der Waals surface area contributed by atoms with Gasteiger partial charge in [0.05, 0.1) is 0 Å². The molecule has 2 N–H and O–H groups in total. The SMILES string of the molecule is NC1CCCC(C(=O)N2CC3CCC2C3)C1. The van der Waals surface area contributed by atoms with Gasteiger partial charge in [0.25, 0.3) is 0 Å². The number of likely N-dealkylation sites (tertiary alicyclic amines) is 1. The molecule has 0 radical (unpaired) electrons. The quantitative estimate of drug-likeness (QED) is 0.731. The van der Waals surface area contributed by atoms with Crippen molar-refractivity contribution in [1.82, 2.24) is 4.90 Å². The van der Waals surface area contributed by atoms with Crippen LogP contribution in [0, 0.1) is 11.8 Å². The predicted molar refractivity (Wildman–Crippen MR) is 62.8 cm³/mol. The summed E-state index contributed by atoms with van der Waals surface area (Å²) in [4.78, 5) is 14.6. The Kier molecular flexibility index (Phi) is 2.66. The Morgan fingerprint density at radius 3 is 2.62 bits per heavy atom. The molecule has 0 spiro atoms. The molecule has 2 saturated carbocycles. The van der Waals surface area contributed by atoms with E-state index in [1.807, 2.05) is 0 Å². The second kappa shape index (κ2) is 4.02. The molecule has 4 atom stereocenters. The first-order valence-corrected chi connectivity index (χ1v) is 6.80. The Labute approximate surface area is 97.4 Å². The maximum Gasteiger partial charge on any atom is 0.225 e. The Balaban J connectivity index is 1.64. The number of carbonyl (C=O) groups excluding carboxylic acids is 1. The van der Waals surface area contributed by atoms with Crippen LogP contribution in [0.5, 0.6) is 0 Å². The van der Waals surface area contributed by atoms with Crippen LogP contribution in [0.2, 0.25) is 0 Å². The molecule has 2 bridgehead atoms. The number of nitrogens with two attached hydrogens (primary N) is 1. The zero-order chi connectivity index (χ0) is 11.1. The molecule has 0 aromatic carbocycles. The van der Waals surface area contributed by atoms with Gasteiger partial charge in [-0.3, -0.25) is 4.79 Å². The average Bonchev–Trinajstić information content (AvgIpc) is 2.89. The van der Waals surface area contributed by atoms with Crippen LogP contribution in [0.4, 0.5) is 0 Å². The minimum atomic E-state index is 0.239. The number of amides is 1. The highest BCUT2D eigenvalue weighted by Crippen LogP contribution is 2.39. The first kappa shape index (κ1) is 10.6. The summed E-state index contributed by atoms with van der Waals surface area (Å²) >= 11 is 0. The molecular formula is C13H22N2O. The summed E-state index contributed by atoms with van der Waals surface area (Å²) in [7, 11) is 0. The summed E-state index contributed by atoms with van der Waals surface area (Å²) < 4.78 is 0. The monoisotopic (exact) mass is 222 g/mol. The van der Waals surface area contributed by atoms with Crippen molar-refractivity contribution < 1.29 is 4.79 Å². The van der Waals surface area contributed by atoms with E-state index in [0.29, 0.717) is 11.9 Å². The molecule has 0 aromatic heterocycles. The van der Waals surface area contributed by atoms with Crippen molar-refractivity contribution in [2.75, 3.05) is 6.54 Å². The van der Waals surface area contributed by atoms with Crippen LogP contribution in [0.25, 0.3) is 0 Å². The third kappa shape index (κ3) is 1.75. The van der Waals surface area contributed by atoms with Gasteiger partial charge in [-0.05, 0) is 44.4 Å². The molecule has 0 aromatic rings. The van der Waals surface area contributed by atoms with E-state index in [-0.39, 0.29) is 12.0 Å². The lowest BCUT2D eigenvalue weighted by molar-refractivity contribution is -0.138. The average molecular weight is 222 g/mol. The number of hydrogen-bond donors (Lipinski definition) is 1. The van der Waals surface area contributed by atoms with Crippen LogP contribution in [0.3, 0.4) is 0 Å². The van der Waals surface area contributed by atoms with Gasteiger partial charge in [-0.15, -0.1) is 0 Å². The number of rotatable bonds is 1. The Morgan fingerprint density at radius 2 is 2.00 bits per heavy atom. The largest absolute Gasteiger partial charge is 0.339 e. The topological polar surface area (TPSA) is 46.3 Å². The van der Waals surface area contributed by atoms with E-state index < -0.39 is 0 Å². The van der Waals surface area contributed by atoms with Crippen molar-refractivity contribution in [3.63, 3.8) is 0 Å². The normalized spacial score (nSPS) is 42.7. The van der Waals surface area contributed by atoms with Gasteiger partial charge >= 0.3 is 0 Å². The van der Waals surface area contributed by atoms with Crippen molar-refractivity contribution >= 4 is 5.91 Å². The van der Waals surface area contributed by atoms with Crippen LogP contribution in [0.15, 0.2) is 0 Å². The van der Waals surface area contributed by atoms with E-state index >= 15 is 0 Å². The second-order valence-corrected chi connectivity index (χ2v) is 5.95. The third-order valence-electron chi connectivity index (χ3n) is 4.76. The van der Waals surface area contributed by atoms with Gasteiger partial charge in [-0.25, -0.2) is 0 Å². The zero-order valence-electron chi connectivity index (χ0n) is 9.90. The van der Waals surface area contributed by atoms with E-state index in [4.69, 9.17) is 5.73 Å². The fraction of sp³-hybridized carbons (Fsp3) is 0.923. The lowest BCUT2D eigenvalue weighted by Gasteiger charge is -2.33. The summed E-state index contributed by atoms with van der Waals surface area (Å²) in [5.74, 6) is 1.47. The lowest BCUT2D eigenvalue weighted by Crippen LogP contribution is -2.44. The van der Waals surface area contributed by atoms with Gasteiger partial charge in [0.15, 0.2) is 0 Å². The van der Waals surface area contributed by atoms with Crippen LogP contribution in [0.1, 0.15) is 44.9 Å². The molecular weight excluding hydrogens is 200 g/mol. The number of fused-ring (bicyclic) bond motifs is 2. The molecule has 1 saturated heterocycles. The van der Waals surface area contributed by atoms with Gasteiger partial charge in [-0.2, -0.15) is 0 Å². The minimum Gasteiger partial charge on any atom is -0.339 e. The van der Waals surface area contributed by atoms with Gasteiger partial charge in [0, 0.05) is 24.5 Å². The molecule has 16 heavy (non-hydrogen) atoms. The maximum atomic E-state index is 12.4. The highest BCUT2D eigenvalue weighted by Gasteiger charge is 2.42.